The predicted molar refractivity (Wildman–Crippen MR) is 125 cm³/mol. The Morgan fingerprint density at radius 2 is 2.00 bits per heavy atom. The van der Waals surface area contributed by atoms with Crippen LogP contribution in [0.4, 0.5) is 10.5 Å². The van der Waals surface area contributed by atoms with Gasteiger partial charge in [0.25, 0.3) is 16.8 Å². The number of non-ortho nitro benzene ring substituents is 1. The van der Waals surface area contributed by atoms with Gasteiger partial charge in [0, 0.05) is 12.1 Å². The lowest BCUT2D eigenvalue weighted by atomic mass is 10.1. The van der Waals surface area contributed by atoms with Crippen molar-refractivity contribution >= 4 is 57.3 Å². The van der Waals surface area contributed by atoms with Crippen LogP contribution >= 0.6 is 34.4 Å². The molecule has 0 unspecified atom stereocenters. The summed E-state index contributed by atoms with van der Waals surface area (Å²) >= 11 is 2.92. The van der Waals surface area contributed by atoms with Crippen LogP contribution in [0.3, 0.4) is 0 Å². The number of nitro benzene ring substituents is 1. The van der Waals surface area contributed by atoms with Gasteiger partial charge in [-0.15, -0.1) is 6.42 Å². The topological polar surface area (TPSA) is 99.0 Å². The van der Waals surface area contributed by atoms with E-state index in [1.807, 2.05) is 0 Å². The molecule has 0 radical (unpaired) electrons. The molecule has 1 heterocycles. The molecule has 8 nitrogen and oxygen atoms in total. The number of hydrogen-bond acceptors (Lipinski definition) is 7. The molecule has 2 aromatic rings. The fourth-order valence-electron chi connectivity index (χ4n) is 2.71. The summed E-state index contributed by atoms with van der Waals surface area (Å²) in [5.41, 5.74) is 1.43. The van der Waals surface area contributed by atoms with Gasteiger partial charge < -0.3 is 9.47 Å². The molecule has 1 aliphatic rings. The van der Waals surface area contributed by atoms with Crippen molar-refractivity contribution in [3.63, 3.8) is 0 Å². The minimum atomic E-state index is -0.462. The molecule has 0 saturated carbocycles. The van der Waals surface area contributed by atoms with Crippen LogP contribution in [0.15, 0.2) is 41.3 Å². The van der Waals surface area contributed by atoms with Crippen LogP contribution in [-0.2, 0) is 11.4 Å². The molecule has 31 heavy (non-hydrogen) atoms. The summed E-state index contributed by atoms with van der Waals surface area (Å²) in [5, 5.41) is 10.4. The highest BCUT2D eigenvalue weighted by Gasteiger charge is 2.34. The maximum atomic E-state index is 12.4. The van der Waals surface area contributed by atoms with E-state index in [0.717, 1.165) is 25.8 Å². The van der Waals surface area contributed by atoms with Crippen molar-refractivity contribution in [1.29, 1.82) is 0 Å². The average Bonchev–Trinajstić information content (AvgIpc) is 3.00. The van der Waals surface area contributed by atoms with Crippen molar-refractivity contribution in [2.75, 3.05) is 13.7 Å². The number of terminal acetylenes is 1. The molecule has 0 atom stereocenters. The molecule has 2 aromatic carbocycles. The first-order valence-corrected chi connectivity index (χ1v) is 10.7. The molecule has 10 heteroatoms. The van der Waals surface area contributed by atoms with Gasteiger partial charge in [-0.25, -0.2) is 0 Å². The quantitative estimate of drug-likeness (QED) is 0.165. The first-order chi connectivity index (χ1) is 14.8. The maximum absolute atomic E-state index is 12.4. The van der Waals surface area contributed by atoms with Crippen LogP contribution in [0.25, 0.3) is 6.08 Å². The lowest BCUT2D eigenvalue weighted by molar-refractivity contribution is -0.384. The number of amides is 2. The molecule has 0 spiro atoms. The predicted octanol–water partition coefficient (Wildman–Crippen LogP) is 4.46. The number of nitrogens with zero attached hydrogens (tertiary/aromatic N) is 2. The lowest BCUT2D eigenvalue weighted by Crippen LogP contribution is -2.28. The van der Waals surface area contributed by atoms with Crippen molar-refractivity contribution in [3.05, 3.63) is 66.1 Å². The molecule has 0 aliphatic carbocycles. The molecule has 158 valence electrons. The number of rotatable bonds is 7. The molecule has 3 rings (SSSR count). The summed E-state index contributed by atoms with van der Waals surface area (Å²) in [6.07, 6.45) is 6.81. The number of benzene rings is 2. The molecule has 1 fully saturated rings. The zero-order chi connectivity index (χ0) is 22.5. The standard InChI is InChI=1S/C21H15IN2O6S/c1-3-8-23-20(25)18(31-21(23)26)11-14-9-16(22)19(17(10-14)29-2)30-12-13-4-6-15(7-5-13)24(27)28/h1,4-7,9-11H,8,12H2,2H3/b18-11+. The first-order valence-electron chi connectivity index (χ1n) is 8.76. The third kappa shape index (κ3) is 5.18. The summed E-state index contributed by atoms with van der Waals surface area (Å²) in [7, 11) is 1.49. The fourth-order valence-corrected chi connectivity index (χ4v) is 4.33. The summed E-state index contributed by atoms with van der Waals surface area (Å²) in [4.78, 5) is 35.9. The molecular formula is C21H15IN2O6S. The minimum absolute atomic E-state index is 0.00641. The summed E-state index contributed by atoms with van der Waals surface area (Å²) in [6, 6.07) is 9.57. The number of nitro groups is 1. The van der Waals surface area contributed by atoms with E-state index in [1.54, 1.807) is 30.3 Å². The van der Waals surface area contributed by atoms with Crippen LogP contribution in [0.2, 0.25) is 0 Å². The Labute approximate surface area is 195 Å². The van der Waals surface area contributed by atoms with E-state index in [1.165, 1.54) is 19.2 Å². The summed E-state index contributed by atoms with van der Waals surface area (Å²) in [6.45, 7) is 0.118. The normalized spacial score (nSPS) is 14.6. The number of halogens is 1. The van der Waals surface area contributed by atoms with Crippen molar-refractivity contribution < 1.29 is 24.0 Å². The molecule has 0 aromatic heterocycles. The second kappa shape index (κ2) is 9.84. The van der Waals surface area contributed by atoms with Gasteiger partial charge in [-0.2, -0.15) is 0 Å². The van der Waals surface area contributed by atoms with Crippen molar-refractivity contribution in [2.24, 2.45) is 0 Å². The van der Waals surface area contributed by atoms with Crippen molar-refractivity contribution in [1.82, 2.24) is 4.90 Å². The second-order valence-corrected chi connectivity index (χ2v) is 8.37. The van der Waals surface area contributed by atoms with E-state index in [2.05, 4.69) is 28.5 Å². The molecule has 0 N–H and O–H groups in total. The minimum Gasteiger partial charge on any atom is -0.493 e. The highest BCUT2D eigenvalue weighted by Crippen LogP contribution is 2.37. The van der Waals surface area contributed by atoms with Gasteiger partial charge in [0.2, 0.25) is 0 Å². The monoisotopic (exact) mass is 550 g/mol. The van der Waals surface area contributed by atoms with Gasteiger partial charge in [0.1, 0.15) is 6.61 Å². The smallest absolute Gasteiger partial charge is 0.294 e. The number of ether oxygens (including phenoxy) is 2. The average molecular weight is 550 g/mol. The Bertz CT molecular complexity index is 1120. The van der Waals surface area contributed by atoms with Crippen molar-refractivity contribution in [2.45, 2.75) is 6.61 Å². The van der Waals surface area contributed by atoms with Crippen molar-refractivity contribution in [3.8, 4) is 23.8 Å². The third-order valence-electron chi connectivity index (χ3n) is 4.20. The lowest BCUT2D eigenvalue weighted by Gasteiger charge is -2.14. The van der Waals surface area contributed by atoms with E-state index < -0.39 is 16.1 Å². The van der Waals surface area contributed by atoms with Gasteiger partial charge in [-0.3, -0.25) is 24.6 Å². The van der Waals surface area contributed by atoms with Crippen LogP contribution in [-0.4, -0.2) is 34.6 Å². The number of methoxy groups -OCH3 is 1. The molecule has 0 bridgehead atoms. The highest BCUT2D eigenvalue weighted by molar-refractivity contribution is 14.1. The summed E-state index contributed by atoms with van der Waals surface area (Å²) < 4.78 is 12.0. The Morgan fingerprint density at radius 1 is 1.29 bits per heavy atom. The SMILES string of the molecule is C#CCN1C(=O)S/C(=C/c2cc(I)c(OCc3ccc([N+](=O)[O-])cc3)c(OC)c2)C1=O. The number of imide groups is 1. The van der Waals surface area contributed by atoms with Gasteiger partial charge in [0.15, 0.2) is 11.5 Å². The summed E-state index contributed by atoms with van der Waals surface area (Å²) in [5.74, 6) is 2.81. The molecular weight excluding hydrogens is 535 g/mol. The largest absolute Gasteiger partial charge is 0.493 e. The van der Waals surface area contributed by atoms with Gasteiger partial charge in [0.05, 0.1) is 27.1 Å². The van der Waals surface area contributed by atoms with Crippen LogP contribution in [0.5, 0.6) is 11.5 Å². The number of hydrogen-bond donors (Lipinski definition) is 0. The second-order valence-electron chi connectivity index (χ2n) is 6.22. The van der Waals surface area contributed by atoms with Gasteiger partial charge >= 0.3 is 0 Å². The number of carbonyl (C=O) groups excluding carboxylic acids is 2. The number of thioether (sulfide) groups is 1. The van der Waals surface area contributed by atoms with Gasteiger partial charge in [-0.1, -0.05) is 5.92 Å². The Kier molecular flexibility index (Phi) is 7.19. The van der Waals surface area contributed by atoms with E-state index in [9.17, 15) is 19.7 Å². The fraction of sp³-hybridized carbons (Fsp3) is 0.143. The van der Waals surface area contributed by atoms with E-state index >= 15 is 0 Å². The van der Waals surface area contributed by atoms with E-state index in [4.69, 9.17) is 15.9 Å². The zero-order valence-electron chi connectivity index (χ0n) is 16.2. The zero-order valence-corrected chi connectivity index (χ0v) is 19.1. The van der Waals surface area contributed by atoms with Crippen LogP contribution in [0, 0.1) is 26.0 Å². The first kappa shape index (κ1) is 22.6. The molecule has 1 saturated heterocycles. The maximum Gasteiger partial charge on any atom is 0.294 e. The van der Waals surface area contributed by atoms with Gasteiger partial charge in [-0.05, 0) is 75.8 Å². The number of carbonyl (C=O) groups is 2. The Balaban J connectivity index is 1.80. The molecule has 1 aliphatic heterocycles. The third-order valence-corrected chi connectivity index (χ3v) is 5.91. The Hall–Kier alpha value is -3.04. The van der Waals surface area contributed by atoms with E-state index in [0.29, 0.717) is 17.1 Å². The van der Waals surface area contributed by atoms with Crippen LogP contribution < -0.4 is 9.47 Å². The van der Waals surface area contributed by atoms with E-state index in [-0.39, 0.29) is 23.7 Å². The Morgan fingerprint density at radius 3 is 2.61 bits per heavy atom. The van der Waals surface area contributed by atoms with Crippen LogP contribution in [0.1, 0.15) is 11.1 Å². The molecule has 2 amide bonds. The highest BCUT2D eigenvalue weighted by atomic mass is 127.